The average Bonchev–Trinajstić information content (AvgIpc) is 3.05. The van der Waals surface area contributed by atoms with E-state index in [0.29, 0.717) is 0 Å². The zero-order valence-electron chi connectivity index (χ0n) is 27.3. The van der Waals surface area contributed by atoms with E-state index < -0.39 is 0 Å². The summed E-state index contributed by atoms with van der Waals surface area (Å²) in [5.41, 5.74) is 9.55. The molecule has 0 saturated carbocycles. The largest absolute Gasteiger partial charge is 0.457 e. The van der Waals surface area contributed by atoms with Gasteiger partial charge in [-0.1, -0.05) is 71.3 Å². The van der Waals surface area contributed by atoms with Crippen molar-refractivity contribution in [2.75, 3.05) is 4.90 Å². The number of ether oxygens (including phenoxy) is 3. The summed E-state index contributed by atoms with van der Waals surface area (Å²) in [6, 6.07) is 43.3. The van der Waals surface area contributed by atoms with Gasteiger partial charge in [0.05, 0.1) is 0 Å². The molecule has 6 rings (SSSR count). The number of hydrogen-bond acceptors (Lipinski definition) is 4. The van der Waals surface area contributed by atoms with Crippen LogP contribution in [0.4, 0.5) is 17.1 Å². The van der Waals surface area contributed by atoms with Crippen LogP contribution in [0.3, 0.4) is 0 Å². The van der Waals surface area contributed by atoms with Gasteiger partial charge in [0.25, 0.3) is 0 Å². The van der Waals surface area contributed by atoms with Gasteiger partial charge in [-0.15, -0.1) is 0 Å². The van der Waals surface area contributed by atoms with E-state index in [1.807, 2.05) is 36.4 Å². The summed E-state index contributed by atoms with van der Waals surface area (Å²) < 4.78 is 19.2. The highest BCUT2D eigenvalue weighted by Gasteiger charge is 2.18. The molecular formula is C42H39NO3. The van der Waals surface area contributed by atoms with Gasteiger partial charge in [0.1, 0.15) is 34.5 Å². The molecule has 0 unspecified atom stereocenters. The van der Waals surface area contributed by atoms with Crippen molar-refractivity contribution in [1.82, 2.24) is 0 Å². The zero-order chi connectivity index (χ0) is 32.2. The highest BCUT2D eigenvalue weighted by molar-refractivity contribution is 5.79. The van der Waals surface area contributed by atoms with Crippen LogP contribution in [0.5, 0.6) is 34.5 Å². The molecule has 0 radical (unpaired) electrons. The fraction of sp³-hybridized carbons (Fsp3) is 0.143. The van der Waals surface area contributed by atoms with Crippen molar-refractivity contribution in [1.29, 1.82) is 0 Å². The van der Waals surface area contributed by atoms with Crippen LogP contribution in [0.1, 0.15) is 33.4 Å². The molecule has 6 aromatic rings. The van der Waals surface area contributed by atoms with Crippen LogP contribution in [0, 0.1) is 41.5 Å². The zero-order valence-corrected chi connectivity index (χ0v) is 27.3. The van der Waals surface area contributed by atoms with Gasteiger partial charge in [0.2, 0.25) is 0 Å². The van der Waals surface area contributed by atoms with Gasteiger partial charge in [-0.3, -0.25) is 0 Å². The van der Waals surface area contributed by atoms with Crippen LogP contribution < -0.4 is 19.1 Å². The predicted molar refractivity (Wildman–Crippen MR) is 189 cm³/mol. The van der Waals surface area contributed by atoms with Gasteiger partial charge >= 0.3 is 0 Å². The molecule has 0 aromatic heterocycles. The summed E-state index contributed by atoms with van der Waals surface area (Å²) in [6.45, 7) is 12.4. The molecule has 0 saturated heterocycles. The maximum atomic E-state index is 6.41. The highest BCUT2D eigenvalue weighted by Crippen LogP contribution is 2.42. The second-order valence-electron chi connectivity index (χ2n) is 11.9. The van der Waals surface area contributed by atoms with Crippen LogP contribution in [-0.4, -0.2) is 0 Å². The van der Waals surface area contributed by atoms with Crippen LogP contribution in [0.25, 0.3) is 0 Å². The number of rotatable bonds is 9. The Morgan fingerprint density at radius 2 is 0.587 bits per heavy atom. The Hall–Kier alpha value is -5.48. The molecule has 0 bridgehead atoms. The first kappa shape index (κ1) is 30.5. The second-order valence-corrected chi connectivity index (χ2v) is 11.9. The van der Waals surface area contributed by atoms with E-state index in [1.54, 1.807) is 0 Å². The van der Waals surface area contributed by atoms with Crippen LogP contribution >= 0.6 is 0 Å². The molecule has 0 heterocycles. The maximum absolute atomic E-state index is 6.41. The summed E-state index contributed by atoms with van der Waals surface area (Å²) in [4.78, 5) is 2.21. The second kappa shape index (κ2) is 13.3. The van der Waals surface area contributed by atoms with E-state index in [4.69, 9.17) is 14.2 Å². The van der Waals surface area contributed by atoms with Gasteiger partial charge in [-0.05, 0) is 113 Å². The minimum absolute atomic E-state index is 0.790. The molecule has 4 nitrogen and oxygen atoms in total. The van der Waals surface area contributed by atoms with Crippen molar-refractivity contribution in [3.63, 3.8) is 0 Å². The molecular weight excluding hydrogens is 566 g/mol. The van der Waals surface area contributed by atoms with Crippen molar-refractivity contribution >= 4 is 17.1 Å². The van der Waals surface area contributed by atoms with Gasteiger partial charge in [-0.2, -0.15) is 0 Å². The van der Waals surface area contributed by atoms with Crippen molar-refractivity contribution in [3.8, 4) is 34.5 Å². The predicted octanol–water partition coefficient (Wildman–Crippen LogP) is 12.4. The minimum Gasteiger partial charge on any atom is -0.457 e. The number of anilines is 3. The van der Waals surface area contributed by atoms with Gasteiger partial charge in [0, 0.05) is 35.3 Å². The summed E-state index contributed by atoms with van der Waals surface area (Å²) in [5, 5.41) is 0. The SMILES string of the molecule is Cc1ccc(Oc2cc(N(c3ccc(C)c(Oc4ccc(C)cc4)c3)c3ccc(C)c(Oc4ccc(C)cc4)c3)ccc2C)cc1. The summed E-state index contributed by atoms with van der Waals surface area (Å²) in [7, 11) is 0. The first-order valence-corrected chi connectivity index (χ1v) is 15.6. The summed E-state index contributed by atoms with van der Waals surface area (Å²) >= 11 is 0. The average molecular weight is 606 g/mol. The molecule has 0 aliphatic rings. The third kappa shape index (κ3) is 7.08. The van der Waals surface area contributed by atoms with Crippen LogP contribution in [0.15, 0.2) is 127 Å². The Morgan fingerprint density at radius 3 is 0.848 bits per heavy atom. The third-order valence-corrected chi connectivity index (χ3v) is 8.04. The molecule has 0 aliphatic carbocycles. The quantitative estimate of drug-likeness (QED) is 0.164. The van der Waals surface area contributed by atoms with Gasteiger partial charge in [0.15, 0.2) is 0 Å². The van der Waals surface area contributed by atoms with E-state index in [9.17, 15) is 0 Å². The minimum atomic E-state index is 0.790. The third-order valence-electron chi connectivity index (χ3n) is 8.04. The molecule has 0 amide bonds. The molecule has 46 heavy (non-hydrogen) atoms. The molecule has 6 aromatic carbocycles. The van der Waals surface area contributed by atoms with Crippen molar-refractivity contribution < 1.29 is 14.2 Å². The Kier molecular flexibility index (Phi) is 8.80. The van der Waals surface area contributed by atoms with Gasteiger partial charge in [-0.25, -0.2) is 0 Å². The molecule has 0 atom stereocenters. The van der Waals surface area contributed by atoms with Crippen molar-refractivity contribution in [3.05, 3.63) is 161 Å². The normalized spacial score (nSPS) is 10.8. The topological polar surface area (TPSA) is 30.9 Å². The maximum Gasteiger partial charge on any atom is 0.132 e. The highest BCUT2D eigenvalue weighted by atomic mass is 16.5. The van der Waals surface area contributed by atoms with Crippen molar-refractivity contribution in [2.45, 2.75) is 41.5 Å². The Labute approximate surface area is 272 Å². The number of nitrogens with zero attached hydrogens (tertiary/aromatic N) is 1. The fourth-order valence-electron chi connectivity index (χ4n) is 5.16. The number of aryl methyl sites for hydroxylation is 6. The van der Waals surface area contributed by atoms with E-state index in [-0.39, 0.29) is 0 Å². The van der Waals surface area contributed by atoms with Crippen LogP contribution in [-0.2, 0) is 0 Å². The summed E-state index contributed by atoms with van der Waals surface area (Å²) in [6.07, 6.45) is 0. The number of hydrogen-bond donors (Lipinski definition) is 0. The number of benzene rings is 6. The van der Waals surface area contributed by atoms with Gasteiger partial charge < -0.3 is 19.1 Å². The summed E-state index contributed by atoms with van der Waals surface area (Å²) in [5.74, 6) is 4.76. The Morgan fingerprint density at radius 1 is 0.326 bits per heavy atom. The first-order chi connectivity index (χ1) is 22.2. The first-order valence-electron chi connectivity index (χ1n) is 15.6. The molecule has 0 N–H and O–H groups in total. The fourth-order valence-corrected chi connectivity index (χ4v) is 5.16. The molecule has 0 spiro atoms. The lowest BCUT2D eigenvalue weighted by Gasteiger charge is -2.28. The van der Waals surface area contributed by atoms with E-state index in [2.05, 4.69) is 137 Å². The van der Waals surface area contributed by atoms with E-state index in [0.717, 1.165) is 68.2 Å². The van der Waals surface area contributed by atoms with E-state index in [1.165, 1.54) is 16.7 Å². The monoisotopic (exact) mass is 605 g/mol. The molecule has 4 heteroatoms. The Bertz CT molecular complexity index is 1730. The molecule has 0 aliphatic heterocycles. The molecule has 230 valence electrons. The standard InChI is InChI=1S/C42H39NO3/c1-28-7-19-37(20-8-28)44-40-25-34(16-13-31(40)4)43(35-17-14-32(5)41(26-35)45-38-21-9-29(2)10-22-38)36-18-15-33(6)42(27-36)46-39-23-11-30(3)12-24-39/h7-27H,1-6H3. The van der Waals surface area contributed by atoms with Crippen LogP contribution in [0.2, 0.25) is 0 Å². The molecule has 0 fully saturated rings. The smallest absolute Gasteiger partial charge is 0.132 e. The Balaban J connectivity index is 1.44. The lowest BCUT2D eigenvalue weighted by Crippen LogP contribution is -2.11. The lowest BCUT2D eigenvalue weighted by atomic mass is 10.1. The van der Waals surface area contributed by atoms with Crippen molar-refractivity contribution in [2.24, 2.45) is 0 Å². The lowest BCUT2D eigenvalue weighted by molar-refractivity contribution is 0.478. The van der Waals surface area contributed by atoms with E-state index >= 15 is 0 Å².